The van der Waals surface area contributed by atoms with Gasteiger partial charge in [-0.25, -0.2) is 4.79 Å². The minimum atomic E-state index is -1.60. The zero-order valence-electron chi connectivity index (χ0n) is 33.8. The van der Waals surface area contributed by atoms with E-state index in [1.165, 1.54) is 5.57 Å². The van der Waals surface area contributed by atoms with E-state index in [0.717, 1.165) is 31.6 Å². The van der Waals surface area contributed by atoms with E-state index in [9.17, 15) is 19.5 Å². The highest BCUT2D eigenvalue weighted by molar-refractivity contribution is 6.19. The molecule has 1 aromatic rings. The van der Waals surface area contributed by atoms with Crippen LogP contribution in [-0.2, 0) is 30.2 Å². The standard InChI is InChI=1S/C45H57NO9/c1-27(2)11-9-16-43(8)17-15-31-36(47)35-37(48)33-25-30-26-34-42(6,7)55-44(40(30)49,45(33,34)54-39(35)32(38(31)53-43)13-12-28(3)4)18-14-29(5)41(50)52-22-10-19-46-20-23-51-24-21-46/h11-12,14-15,17,25,30,34,47H,9-10,13,16,18-24,26H2,1-8H3/b29-14-. The molecule has 1 saturated carbocycles. The normalized spacial score (nSPS) is 30.0. The molecular weight excluding hydrogens is 698 g/mol. The number of ether oxygens (including phenoxy) is 5. The number of morpholine rings is 1. The Labute approximate surface area is 325 Å². The van der Waals surface area contributed by atoms with E-state index in [1.807, 2.05) is 46.8 Å². The molecule has 4 bridgehead atoms. The van der Waals surface area contributed by atoms with Crippen molar-refractivity contribution in [3.05, 3.63) is 69.4 Å². The van der Waals surface area contributed by atoms with Gasteiger partial charge in [-0.05, 0) is 99.6 Å². The number of allylic oxidation sites excluding steroid dienone is 5. The molecule has 10 heteroatoms. The van der Waals surface area contributed by atoms with Gasteiger partial charge >= 0.3 is 5.97 Å². The van der Waals surface area contributed by atoms with Gasteiger partial charge < -0.3 is 28.8 Å². The van der Waals surface area contributed by atoms with E-state index in [0.29, 0.717) is 66.9 Å². The lowest BCUT2D eigenvalue weighted by atomic mass is 9.51. The van der Waals surface area contributed by atoms with Crippen LogP contribution in [0.15, 0.2) is 52.7 Å². The third kappa shape index (κ3) is 6.61. The number of esters is 1. The van der Waals surface area contributed by atoms with Gasteiger partial charge in [0.2, 0.25) is 0 Å². The van der Waals surface area contributed by atoms with Crippen molar-refractivity contribution in [2.75, 3.05) is 39.5 Å². The van der Waals surface area contributed by atoms with Gasteiger partial charge in [0.25, 0.3) is 0 Å². The van der Waals surface area contributed by atoms with Crippen molar-refractivity contribution in [1.29, 1.82) is 0 Å². The smallest absolute Gasteiger partial charge is 0.333 e. The molecule has 5 atom stereocenters. The molecule has 1 spiro atoms. The summed E-state index contributed by atoms with van der Waals surface area (Å²) in [6.45, 7) is 20.0. The van der Waals surface area contributed by atoms with Crippen molar-refractivity contribution < 1.29 is 43.2 Å². The number of fused-ring (bicyclic) bond motifs is 2. The summed E-state index contributed by atoms with van der Waals surface area (Å²) >= 11 is 0. The first kappa shape index (κ1) is 39.3. The Morgan fingerprint density at radius 3 is 2.44 bits per heavy atom. The molecule has 0 aromatic heterocycles. The lowest BCUT2D eigenvalue weighted by Gasteiger charge is -2.56. The van der Waals surface area contributed by atoms with Crippen LogP contribution in [0.2, 0.25) is 0 Å². The molecule has 4 heterocycles. The summed E-state index contributed by atoms with van der Waals surface area (Å²) in [4.78, 5) is 45.2. The highest BCUT2D eigenvalue weighted by Crippen LogP contribution is 2.68. The third-order valence-electron chi connectivity index (χ3n) is 12.4. The Kier molecular flexibility index (Phi) is 10.4. The maximum atomic E-state index is 15.0. The first-order valence-electron chi connectivity index (χ1n) is 19.9. The fourth-order valence-electron chi connectivity index (χ4n) is 9.56. The lowest BCUT2D eigenvalue weighted by Crippen LogP contribution is -2.72. The Morgan fingerprint density at radius 1 is 1.00 bits per heavy atom. The Bertz CT molecular complexity index is 1940. The summed E-state index contributed by atoms with van der Waals surface area (Å²) in [5.74, 6) is -1.46. The lowest BCUT2D eigenvalue weighted by molar-refractivity contribution is -0.171. The first-order valence-corrected chi connectivity index (χ1v) is 19.9. The molecule has 10 nitrogen and oxygen atoms in total. The van der Waals surface area contributed by atoms with E-state index in [1.54, 1.807) is 19.1 Å². The molecule has 0 radical (unpaired) electrons. The van der Waals surface area contributed by atoms with Crippen molar-refractivity contribution in [3.8, 4) is 17.2 Å². The van der Waals surface area contributed by atoms with Crippen LogP contribution in [-0.4, -0.2) is 89.4 Å². The molecule has 55 heavy (non-hydrogen) atoms. The number of hydrogen-bond donors (Lipinski definition) is 1. The molecule has 5 unspecified atom stereocenters. The molecule has 0 amide bonds. The van der Waals surface area contributed by atoms with Crippen molar-refractivity contribution in [3.63, 3.8) is 0 Å². The predicted octanol–water partition coefficient (Wildman–Crippen LogP) is 7.42. The van der Waals surface area contributed by atoms with Gasteiger partial charge in [-0.3, -0.25) is 14.5 Å². The van der Waals surface area contributed by atoms with Gasteiger partial charge in [-0.2, -0.15) is 0 Å². The van der Waals surface area contributed by atoms with Crippen molar-refractivity contribution >= 4 is 23.6 Å². The average molecular weight is 756 g/mol. The monoisotopic (exact) mass is 755 g/mol. The van der Waals surface area contributed by atoms with Crippen LogP contribution in [0, 0.1) is 11.8 Å². The summed E-state index contributed by atoms with van der Waals surface area (Å²) in [6.07, 6.45) is 14.6. The first-order chi connectivity index (χ1) is 26.0. The van der Waals surface area contributed by atoms with Gasteiger partial charge in [-0.15, -0.1) is 0 Å². The van der Waals surface area contributed by atoms with Crippen LogP contribution < -0.4 is 9.47 Å². The molecule has 1 aromatic carbocycles. The van der Waals surface area contributed by atoms with Gasteiger partial charge in [-0.1, -0.05) is 35.5 Å². The number of benzene rings is 1. The van der Waals surface area contributed by atoms with Gasteiger partial charge in [0.1, 0.15) is 28.4 Å². The fourth-order valence-corrected chi connectivity index (χ4v) is 9.56. The highest BCUT2D eigenvalue weighted by atomic mass is 16.6. The number of hydrogen-bond acceptors (Lipinski definition) is 10. The van der Waals surface area contributed by atoms with Crippen molar-refractivity contribution in [2.45, 2.75) is 116 Å². The maximum absolute atomic E-state index is 15.0. The van der Waals surface area contributed by atoms with E-state index in [4.69, 9.17) is 23.7 Å². The molecule has 3 fully saturated rings. The van der Waals surface area contributed by atoms with Gasteiger partial charge in [0.15, 0.2) is 22.8 Å². The molecule has 3 aliphatic carbocycles. The Balaban J connectivity index is 1.27. The second kappa shape index (κ2) is 14.5. The minimum Gasteiger partial charge on any atom is -0.506 e. The summed E-state index contributed by atoms with van der Waals surface area (Å²) in [5, 5.41) is 11.9. The van der Waals surface area contributed by atoms with Crippen LogP contribution in [0.4, 0.5) is 0 Å². The van der Waals surface area contributed by atoms with E-state index >= 15 is 0 Å². The summed E-state index contributed by atoms with van der Waals surface area (Å²) in [6, 6.07) is 0. The largest absolute Gasteiger partial charge is 0.506 e. The van der Waals surface area contributed by atoms with E-state index < -0.39 is 34.3 Å². The average Bonchev–Trinajstić information content (AvgIpc) is 3.29. The number of phenolic OH excluding ortho intramolecular Hbond substituents is 1. The molecule has 1 N–H and O–H groups in total. The van der Waals surface area contributed by atoms with Crippen LogP contribution in [0.25, 0.3) is 6.08 Å². The fraction of sp³-hybridized carbons (Fsp3) is 0.578. The molecule has 7 aliphatic rings. The zero-order chi connectivity index (χ0) is 39.5. The molecule has 8 rings (SSSR count). The number of carbonyl (C=O) groups excluding carboxylic acids is 3. The summed E-state index contributed by atoms with van der Waals surface area (Å²) < 4.78 is 32.1. The molecular formula is C45H57NO9. The van der Waals surface area contributed by atoms with Crippen LogP contribution in [0.3, 0.4) is 0 Å². The summed E-state index contributed by atoms with van der Waals surface area (Å²) in [7, 11) is 0. The third-order valence-corrected chi connectivity index (χ3v) is 12.4. The number of rotatable bonds is 12. The van der Waals surface area contributed by atoms with E-state index in [-0.39, 0.29) is 47.6 Å². The summed E-state index contributed by atoms with van der Waals surface area (Å²) in [5.41, 5.74) is -0.491. The number of Topliss-reactive ketones (excluding diaryl/α,β-unsaturated/α-hetero) is 2. The van der Waals surface area contributed by atoms with Crippen molar-refractivity contribution in [1.82, 2.24) is 4.90 Å². The second-order valence-electron chi connectivity index (χ2n) is 17.4. The number of nitrogens with zero attached hydrogens (tertiary/aromatic N) is 1. The predicted molar refractivity (Wildman–Crippen MR) is 209 cm³/mol. The zero-order valence-corrected chi connectivity index (χ0v) is 33.8. The van der Waals surface area contributed by atoms with Crippen LogP contribution in [0.1, 0.15) is 109 Å². The van der Waals surface area contributed by atoms with Crippen LogP contribution in [0.5, 0.6) is 17.2 Å². The van der Waals surface area contributed by atoms with Crippen LogP contribution >= 0.6 is 0 Å². The quantitative estimate of drug-likeness (QED) is 0.0999. The van der Waals surface area contributed by atoms with Crippen molar-refractivity contribution in [2.24, 2.45) is 11.8 Å². The Hall–Kier alpha value is -3.99. The minimum absolute atomic E-state index is 0.0127. The topological polar surface area (TPSA) is 121 Å². The van der Waals surface area contributed by atoms with Gasteiger partial charge in [0.05, 0.1) is 31.0 Å². The number of carbonyl (C=O) groups is 3. The second-order valence-corrected chi connectivity index (χ2v) is 17.4. The van der Waals surface area contributed by atoms with E-state index in [2.05, 4.69) is 30.9 Å². The van der Waals surface area contributed by atoms with Gasteiger partial charge in [0, 0.05) is 54.6 Å². The molecule has 2 saturated heterocycles. The maximum Gasteiger partial charge on any atom is 0.333 e. The number of ketones is 2. The molecule has 296 valence electrons. The Morgan fingerprint density at radius 2 is 1.73 bits per heavy atom. The number of aromatic hydroxyl groups is 1. The highest BCUT2D eigenvalue weighted by Gasteiger charge is 2.81. The molecule has 4 aliphatic heterocycles. The number of phenols is 1. The SMILES string of the molecule is CC(C)=CCCC1(C)C=Cc2c(O)c3c(c(CC=C(C)C)c2O1)OC12C(=CC4CC1C(C)(C)OC2(C/C=C(/C)C(=O)OCCCN1CCOCC1)C4=O)C3=O.